The second-order valence-corrected chi connectivity index (χ2v) is 8.04. The first-order valence-electron chi connectivity index (χ1n) is 10.5. The Hall–Kier alpha value is -2.08. The minimum Gasteiger partial charge on any atom is -0.381 e. The molecule has 2 aliphatic rings. The van der Waals surface area contributed by atoms with Gasteiger partial charge in [-0.3, -0.25) is 4.79 Å². The molecule has 3 amide bonds. The SMILES string of the molecule is CN(Cc1ccccc1)C(=O)C1CCN(C(=O)NCCC[C@H]2CCOC2)CC1. The van der Waals surface area contributed by atoms with Gasteiger partial charge in [-0.05, 0) is 43.6 Å². The number of hydrogen-bond donors (Lipinski definition) is 1. The maximum absolute atomic E-state index is 12.7. The fourth-order valence-electron chi connectivity index (χ4n) is 4.09. The molecule has 1 N–H and O–H groups in total. The lowest BCUT2D eigenvalue weighted by Gasteiger charge is -2.33. The molecule has 154 valence electrons. The van der Waals surface area contributed by atoms with Crippen LogP contribution < -0.4 is 5.32 Å². The third kappa shape index (κ3) is 5.96. The monoisotopic (exact) mass is 387 g/mol. The Kier molecular flexibility index (Phi) is 7.71. The van der Waals surface area contributed by atoms with Gasteiger partial charge >= 0.3 is 6.03 Å². The highest BCUT2D eigenvalue weighted by Crippen LogP contribution is 2.21. The van der Waals surface area contributed by atoms with Crippen LogP contribution in [0, 0.1) is 11.8 Å². The lowest BCUT2D eigenvalue weighted by Crippen LogP contribution is -2.47. The number of benzene rings is 1. The standard InChI is InChI=1S/C22H33N3O3/c1-24(16-18-6-3-2-4-7-18)21(26)20-9-13-25(14-10-20)22(27)23-12-5-8-19-11-15-28-17-19/h2-4,6-7,19-20H,5,8-17H2,1H3,(H,23,27)/t19-/m0/s1. The second kappa shape index (κ2) is 10.5. The molecule has 0 saturated carbocycles. The number of rotatable bonds is 7. The highest BCUT2D eigenvalue weighted by Gasteiger charge is 2.29. The van der Waals surface area contributed by atoms with Crippen LogP contribution in [0.25, 0.3) is 0 Å². The predicted octanol–water partition coefficient (Wildman–Crippen LogP) is 2.88. The molecule has 28 heavy (non-hydrogen) atoms. The first-order chi connectivity index (χ1) is 13.6. The number of carbonyl (C=O) groups excluding carboxylic acids is 2. The molecule has 1 aromatic carbocycles. The van der Waals surface area contributed by atoms with E-state index < -0.39 is 0 Å². The summed E-state index contributed by atoms with van der Waals surface area (Å²) in [4.78, 5) is 28.7. The smallest absolute Gasteiger partial charge is 0.317 e. The normalized spacial score (nSPS) is 20.2. The molecular weight excluding hydrogens is 354 g/mol. The van der Waals surface area contributed by atoms with E-state index in [1.54, 1.807) is 0 Å². The van der Waals surface area contributed by atoms with E-state index >= 15 is 0 Å². The van der Waals surface area contributed by atoms with Crippen LogP contribution in [-0.2, 0) is 16.1 Å². The minimum absolute atomic E-state index is 0.00575. The van der Waals surface area contributed by atoms with Crippen LogP contribution in [0.2, 0.25) is 0 Å². The van der Waals surface area contributed by atoms with Gasteiger partial charge in [-0.1, -0.05) is 30.3 Å². The average Bonchev–Trinajstić information content (AvgIpc) is 3.25. The lowest BCUT2D eigenvalue weighted by atomic mass is 9.95. The fourth-order valence-corrected chi connectivity index (χ4v) is 4.09. The third-order valence-corrected chi connectivity index (χ3v) is 5.86. The summed E-state index contributed by atoms with van der Waals surface area (Å²) in [5, 5.41) is 3.03. The maximum atomic E-state index is 12.7. The fraction of sp³-hybridized carbons (Fsp3) is 0.636. The summed E-state index contributed by atoms with van der Waals surface area (Å²) in [5.41, 5.74) is 1.14. The zero-order valence-electron chi connectivity index (χ0n) is 16.9. The summed E-state index contributed by atoms with van der Waals surface area (Å²) in [6, 6.07) is 10.0. The summed E-state index contributed by atoms with van der Waals surface area (Å²) in [6.07, 6.45) is 4.74. The van der Waals surface area contributed by atoms with Crippen molar-refractivity contribution < 1.29 is 14.3 Å². The van der Waals surface area contributed by atoms with E-state index in [1.165, 1.54) is 0 Å². The Morgan fingerprint density at radius 3 is 2.61 bits per heavy atom. The topological polar surface area (TPSA) is 61.9 Å². The van der Waals surface area contributed by atoms with Crippen LogP contribution in [0.3, 0.4) is 0 Å². The molecule has 2 fully saturated rings. The van der Waals surface area contributed by atoms with Gasteiger partial charge in [-0.15, -0.1) is 0 Å². The molecule has 6 heteroatoms. The molecule has 0 bridgehead atoms. The zero-order chi connectivity index (χ0) is 19.8. The lowest BCUT2D eigenvalue weighted by molar-refractivity contribution is -0.136. The molecule has 0 spiro atoms. The van der Waals surface area contributed by atoms with E-state index in [0.29, 0.717) is 32.1 Å². The minimum atomic E-state index is 0.00575. The summed E-state index contributed by atoms with van der Waals surface area (Å²) in [6.45, 7) is 4.40. The maximum Gasteiger partial charge on any atom is 0.317 e. The van der Waals surface area contributed by atoms with Crippen LogP contribution in [-0.4, -0.2) is 61.6 Å². The van der Waals surface area contributed by atoms with Crippen LogP contribution in [0.4, 0.5) is 4.79 Å². The van der Waals surface area contributed by atoms with Gasteiger partial charge in [0.05, 0.1) is 0 Å². The van der Waals surface area contributed by atoms with Gasteiger partial charge in [0.25, 0.3) is 0 Å². The molecular formula is C22H33N3O3. The molecule has 0 aromatic heterocycles. The number of ether oxygens (including phenoxy) is 1. The molecule has 0 aliphatic carbocycles. The van der Waals surface area contributed by atoms with E-state index in [1.807, 2.05) is 47.2 Å². The molecule has 2 aliphatic heterocycles. The Balaban J connectivity index is 1.33. The Bertz CT molecular complexity index is 623. The summed E-state index contributed by atoms with van der Waals surface area (Å²) in [5.74, 6) is 0.856. The van der Waals surface area contributed by atoms with Crippen molar-refractivity contribution in [2.24, 2.45) is 11.8 Å². The van der Waals surface area contributed by atoms with Crippen molar-refractivity contribution in [2.45, 2.75) is 38.6 Å². The largest absolute Gasteiger partial charge is 0.381 e. The van der Waals surface area contributed by atoms with Crippen LogP contribution >= 0.6 is 0 Å². The molecule has 2 heterocycles. The molecule has 1 aromatic rings. The van der Waals surface area contributed by atoms with Gasteiger partial charge in [0.2, 0.25) is 5.91 Å². The second-order valence-electron chi connectivity index (χ2n) is 8.04. The van der Waals surface area contributed by atoms with E-state index in [4.69, 9.17) is 4.74 Å². The molecule has 6 nitrogen and oxygen atoms in total. The number of hydrogen-bond acceptors (Lipinski definition) is 3. The van der Waals surface area contributed by atoms with Crippen molar-refractivity contribution in [2.75, 3.05) is 39.9 Å². The van der Waals surface area contributed by atoms with Crippen molar-refractivity contribution in [1.29, 1.82) is 0 Å². The first kappa shape index (κ1) is 20.6. The van der Waals surface area contributed by atoms with Gasteiger partial charge in [-0.2, -0.15) is 0 Å². The van der Waals surface area contributed by atoms with Gasteiger partial charge < -0.3 is 19.9 Å². The van der Waals surface area contributed by atoms with Crippen molar-refractivity contribution in [3.8, 4) is 0 Å². The molecule has 1 atom stereocenters. The van der Waals surface area contributed by atoms with Gasteiger partial charge in [-0.25, -0.2) is 4.79 Å². The van der Waals surface area contributed by atoms with Crippen LogP contribution in [0.5, 0.6) is 0 Å². The van der Waals surface area contributed by atoms with Crippen LogP contribution in [0.1, 0.15) is 37.7 Å². The Labute approximate surface area is 168 Å². The van der Waals surface area contributed by atoms with E-state index in [2.05, 4.69) is 5.32 Å². The summed E-state index contributed by atoms with van der Waals surface area (Å²) in [7, 11) is 1.86. The van der Waals surface area contributed by atoms with Crippen molar-refractivity contribution >= 4 is 11.9 Å². The Morgan fingerprint density at radius 1 is 1.18 bits per heavy atom. The molecule has 0 unspecified atom stereocenters. The number of nitrogens with one attached hydrogen (secondary N) is 1. The highest BCUT2D eigenvalue weighted by molar-refractivity contribution is 5.79. The summed E-state index contributed by atoms with van der Waals surface area (Å²) >= 11 is 0. The van der Waals surface area contributed by atoms with Gasteiger partial charge in [0.1, 0.15) is 0 Å². The number of nitrogens with zero attached hydrogens (tertiary/aromatic N) is 2. The predicted molar refractivity (Wildman–Crippen MR) is 109 cm³/mol. The van der Waals surface area contributed by atoms with E-state index in [0.717, 1.165) is 50.9 Å². The number of likely N-dealkylation sites (tertiary alicyclic amines) is 1. The average molecular weight is 388 g/mol. The first-order valence-corrected chi connectivity index (χ1v) is 10.5. The number of piperidine rings is 1. The van der Waals surface area contributed by atoms with E-state index in [-0.39, 0.29) is 17.9 Å². The number of amides is 3. The zero-order valence-corrected chi connectivity index (χ0v) is 16.9. The van der Waals surface area contributed by atoms with Crippen LogP contribution in [0.15, 0.2) is 30.3 Å². The van der Waals surface area contributed by atoms with Crippen molar-refractivity contribution in [1.82, 2.24) is 15.1 Å². The molecule has 2 saturated heterocycles. The Morgan fingerprint density at radius 2 is 1.93 bits per heavy atom. The number of urea groups is 1. The number of carbonyl (C=O) groups is 2. The van der Waals surface area contributed by atoms with E-state index in [9.17, 15) is 9.59 Å². The summed E-state index contributed by atoms with van der Waals surface area (Å²) < 4.78 is 5.38. The quantitative estimate of drug-likeness (QED) is 0.732. The molecule has 3 rings (SSSR count). The molecule has 0 radical (unpaired) electrons. The third-order valence-electron chi connectivity index (χ3n) is 5.86. The van der Waals surface area contributed by atoms with Crippen molar-refractivity contribution in [3.05, 3.63) is 35.9 Å². The van der Waals surface area contributed by atoms with Crippen molar-refractivity contribution in [3.63, 3.8) is 0 Å². The van der Waals surface area contributed by atoms with Gasteiger partial charge in [0, 0.05) is 52.4 Å². The van der Waals surface area contributed by atoms with Gasteiger partial charge in [0.15, 0.2) is 0 Å². The highest BCUT2D eigenvalue weighted by atomic mass is 16.5.